The van der Waals surface area contributed by atoms with E-state index < -0.39 is 0 Å². The van der Waals surface area contributed by atoms with Crippen LogP contribution in [0.5, 0.6) is 0 Å². The first-order valence-electron chi connectivity index (χ1n) is 4.98. The van der Waals surface area contributed by atoms with E-state index in [9.17, 15) is 4.79 Å². The summed E-state index contributed by atoms with van der Waals surface area (Å²) in [6, 6.07) is 3.76. The Balaban J connectivity index is 2.54. The maximum absolute atomic E-state index is 11.7. The van der Waals surface area contributed by atoms with Crippen LogP contribution in [0.25, 0.3) is 0 Å². The lowest BCUT2D eigenvalue weighted by molar-refractivity contribution is 0.0943. The van der Waals surface area contributed by atoms with Crippen molar-refractivity contribution in [3.8, 4) is 0 Å². The zero-order chi connectivity index (χ0) is 11.5. The molecule has 1 aromatic heterocycles. The van der Waals surface area contributed by atoms with Crippen molar-refractivity contribution < 1.29 is 4.79 Å². The van der Waals surface area contributed by atoms with E-state index in [0.717, 1.165) is 9.88 Å². The zero-order valence-electron chi connectivity index (χ0n) is 9.68. The minimum Gasteiger partial charge on any atom is -0.380 e. The number of anilines is 1. The van der Waals surface area contributed by atoms with Crippen molar-refractivity contribution in [2.45, 2.75) is 20.8 Å². The third-order valence-corrected chi connectivity index (χ3v) is 2.96. The van der Waals surface area contributed by atoms with Gasteiger partial charge in [-0.05, 0) is 17.5 Å². The topological polar surface area (TPSA) is 41.1 Å². The van der Waals surface area contributed by atoms with Crippen LogP contribution in [0.15, 0.2) is 12.1 Å². The van der Waals surface area contributed by atoms with E-state index in [0.29, 0.717) is 6.54 Å². The van der Waals surface area contributed by atoms with E-state index in [4.69, 9.17) is 0 Å². The maximum atomic E-state index is 11.7. The normalized spacial score (nSPS) is 11.2. The fourth-order valence-corrected chi connectivity index (χ4v) is 1.80. The molecular formula is C11H18N2OS. The SMILES string of the molecule is CNc1ccc(C(=O)NCC(C)(C)C)s1. The van der Waals surface area contributed by atoms with Crippen molar-refractivity contribution in [3.63, 3.8) is 0 Å². The highest BCUT2D eigenvalue weighted by molar-refractivity contribution is 7.17. The van der Waals surface area contributed by atoms with Crippen LogP contribution in [0, 0.1) is 5.41 Å². The van der Waals surface area contributed by atoms with Gasteiger partial charge in [-0.1, -0.05) is 20.8 Å². The summed E-state index contributed by atoms with van der Waals surface area (Å²) in [5.41, 5.74) is 0.124. The van der Waals surface area contributed by atoms with Crippen LogP contribution in [-0.2, 0) is 0 Å². The molecule has 0 aromatic carbocycles. The number of nitrogens with one attached hydrogen (secondary N) is 2. The molecule has 3 nitrogen and oxygen atoms in total. The Morgan fingerprint density at radius 2 is 2.07 bits per heavy atom. The first-order chi connectivity index (χ1) is 6.92. The van der Waals surface area contributed by atoms with Crippen LogP contribution in [0.4, 0.5) is 5.00 Å². The van der Waals surface area contributed by atoms with E-state index in [-0.39, 0.29) is 11.3 Å². The van der Waals surface area contributed by atoms with Gasteiger partial charge in [0.15, 0.2) is 0 Å². The summed E-state index contributed by atoms with van der Waals surface area (Å²) in [4.78, 5) is 12.4. The third-order valence-electron chi connectivity index (χ3n) is 1.86. The van der Waals surface area contributed by atoms with Gasteiger partial charge in [-0.3, -0.25) is 4.79 Å². The number of thiophene rings is 1. The fraction of sp³-hybridized carbons (Fsp3) is 0.545. The molecule has 1 rings (SSSR count). The molecule has 0 spiro atoms. The average molecular weight is 226 g/mol. The van der Waals surface area contributed by atoms with Crippen molar-refractivity contribution >= 4 is 22.2 Å². The number of hydrogen-bond acceptors (Lipinski definition) is 3. The number of carbonyl (C=O) groups is 1. The van der Waals surface area contributed by atoms with Crippen LogP contribution < -0.4 is 10.6 Å². The molecule has 4 heteroatoms. The second-order valence-electron chi connectivity index (χ2n) is 4.66. The molecule has 15 heavy (non-hydrogen) atoms. The first kappa shape index (κ1) is 12.0. The summed E-state index contributed by atoms with van der Waals surface area (Å²) >= 11 is 1.47. The summed E-state index contributed by atoms with van der Waals surface area (Å²) in [6.07, 6.45) is 0. The van der Waals surface area contributed by atoms with E-state index >= 15 is 0 Å². The van der Waals surface area contributed by atoms with Crippen LogP contribution in [0.3, 0.4) is 0 Å². The van der Waals surface area contributed by atoms with Crippen LogP contribution >= 0.6 is 11.3 Å². The lowest BCUT2D eigenvalue weighted by atomic mass is 9.97. The number of amides is 1. The van der Waals surface area contributed by atoms with Gasteiger partial charge in [0.25, 0.3) is 5.91 Å². The molecule has 0 saturated heterocycles. The fourth-order valence-electron chi connectivity index (χ4n) is 1.03. The maximum Gasteiger partial charge on any atom is 0.261 e. The number of hydrogen-bond donors (Lipinski definition) is 2. The highest BCUT2D eigenvalue weighted by Gasteiger charge is 2.14. The van der Waals surface area contributed by atoms with Crippen molar-refractivity contribution in [1.29, 1.82) is 0 Å². The van der Waals surface area contributed by atoms with Crippen LogP contribution in [0.1, 0.15) is 30.4 Å². The van der Waals surface area contributed by atoms with Gasteiger partial charge in [-0.25, -0.2) is 0 Å². The second-order valence-corrected chi connectivity index (χ2v) is 5.74. The number of rotatable bonds is 3. The van der Waals surface area contributed by atoms with Gasteiger partial charge in [-0.15, -0.1) is 11.3 Å². The lowest BCUT2D eigenvalue weighted by Gasteiger charge is -2.18. The molecule has 2 N–H and O–H groups in total. The summed E-state index contributed by atoms with van der Waals surface area (Å²) in [7, 11) is 1.85. The predicted octanol–water partition coefficient (Wildman–Crippen LogP) is 2.57. The quantitative estimate of drug-likeness (QED) is 0.831. The van der Waals surface area contributed by atoms with Gasteiger partial charge in [-0.2, -0.15) is 0 Å². The van der Waals surface area contributed by atoms with Crippen molar-refractivity contribution in [3.05, 3.63) is 17.0 Å². The van der Waals surface area contributed by atoms with E-state index in [1.54, 1.807) is 0 Å². The molecule has 1 amide bonds. The van der Waals surface area contributed by atoms with Gasteiger partial charge in [0.2, 0.25) is 0 Å². The molecule has 0 radical (unpaired) electrons. The van der Waals surface area contributed by atoms with Crippen molar-refractivity contribution in [2.24, 2.45) is 5.41 Å². The van der Waals surface area contributed by atoms with Gasteiger partial charge in [0, 0.05) is 13.6 Å². The highest BCUT2D eigenvalue weighted by Crippen LogP contribution is 2.21. The van der Waals surface area contributed by atoms with Crippen molar-refractivity contribution in [1.82, 2.24) is 5.32 Å². The molecule has 84 valence electrons. The standard InChI is InChI=1S/C11H18N2OS/c1-11(2,3)7-13-10(14)8-5-6-9(12-4)15-8/h5-6,12H,7H2,1-4H3,(H,13,14). The molecule has 0 aliphatic rings. The number of carbonyl (C=O) groups excluding carboxylic acids is 1. The summed E-state index contributed by atoms with van der Waals surface area (Å²) in [5.74, 6) is 0.0106. The zero-order valence-corrected chi connectivity index (χ0v) is 10.5. The summed E-state index contributed by atoms with van der Waals surface area (Å²) < 4.78 is 0. The monoisotopic (exact) mass is 226 g/mol. The molecule has 0 saturated carbocycles. The Bertz CT molecular complexity index is 339. The smallest absolute Gasteiger partial charge is 0.261 e. The highest BCUT2D eigenvalue weighted by atomic mass is 32.1. The molecule has 1 aromatic rings. The van der Waals surface area contributed by atoms with Gasteiger partial charge < -0.3 is 10.6 Å². The van der Waals surface area contributed by atoms with Crippen LogP contribution in [0.2, 0.25) is 0 Å². The molecule has 0 aliphatic carbocycles. The Kier molecular flexibility index (Phi) is 3.74. The third kappa shape index (κ3) is 3.91. The average Bonchev–Trinajstić information content (AvgIpc) is 2.61. The molecule has 0 bridgehead atoms. The molecule has 0 aliphatic heterocycles. The van der Waals surface area contributed by atoms with Gasteiger partial charge in [0.1, 0.15) is 0 Å². The molecule has 1 heterocycles. The van der Waals surface area contributed by atoms with Gasteiger partial charge >= 0.3 is 0 Å². The predicted molar refractivity (Wildman–Crippen MR) is 65.7 cm³/mol. The van der Waals surface area contributed by atoms with E-state index in [2.05, 4.69) is 31.4 Å². The minimum atomic E-state index is 0.0106. The first-order valence-corrected chi connectivity index (χ1v) is 5.80. The lowest BCUT2D eigenvalue weighted by Crippen LogP contribution is -2.31. The molecule has 0 fully saturated rings. The Labute approximate surface area is 94.9 Å². The van der Waals surface area contributed by atoms with Gasteiger partial charge in [0.05, 0.1) is 9.88 Å². The Hall–Kier alpha value is -1.03. The molecular weight excluding hydrogens is 208 g/mol. The van der Waals surface area contributed by atoms with E-state index in [1.807, 2.05) is 19.2 Å². The summed E-state index contributed by atoms with van der Waals surface area (Å²) in [6.45, 7) is 6.99. The van der Waals surface area contributed by atoms with E-state index in [1.165, 1.54) is 11.3 Å². The summed E-state index contributed by atoms with van der Waals surface area (Å²) in [5, 5.41) is 6.94. The second kappa shape index (κ2) is 4.66. The van der Waals surface area contributed by atoms with Crippen molar-refractivity contribution in [2.75, 3.05) is 18.9 Å². The largest absolute Gasteiger partial charge is 0.380 e. The minimum absolute atomic E-state index is 0.0106. The molecule has 0 unspecified atom stereocenters. The Morgan fingerprint density at radius 1 is 1.40 bits per heavy atom. The molecule has 0 atom stereocenters. The Morgan fingerprint density at radius 3 is 2.53 bits per heavy atom. The van der Waals surface area contributed by atoms with Crippen LogP contribution in [-0.4, -0.2) is 19.5 Å².